The van der Waals surface area contributed by atoms with Gasteiger partial charge in [0.1, 0.15) is 0 Å². The Labute approximate surface area is 151 Å². The minimum atomic E-state index is -0.241. The lowest BCUT2D eigenvalue weighted by Crippen LogP contribution is -2.12. The molecule has 1 aliphatic rings. The number of hydrogen-bond donors (Lipinski definition) is 2. The van der Waals surface area contributed by atoms with E-state index in [0.29, 0.717) is 20.6 Å². The number of thiophene rings is 1. The summed E-state index contributed by atoms with van der Waals surface area (Å²) in [6.07, 6.45) is 1.90. The highest BCUT2D eigenvalue weighted by molar-refractivity contribution is 9.10. The number of nitrogens with one attached hydrogen (secondary N) is 2. The molecular weight excluding hydrogens is 400 g/mol. The van der Waals surface area contributed by atoms with Crippen LogP contribution in [0.1, 0.15) is 28.1 Å². The van der Waals surface area contributed by atoms with Gasteiger partial charge in [-0.05, 0) is 49.6 Å². The van der Waals surface area contributed by atoms with Gasteiger partial charge in [-0.15, -0.1) is 11.3 Å². The highest BCUT2D eigenvalue weighted by Gasteiger charge is 2.29. The molecule has 0 aliphatic heterocycles. The minimum Gasteiger partial charge on any atom is -0.320 e. The van der Waals surface area contributed by atoms with E-state index in [2.05, 4.69) is 26.6 Å². The molecule has 0 bridgehead atoms. The van der Waals surface area contributed by atoms with Gasteiger partial charge in [0.05, 0.1) is 20.6 Å². The second-order valence-electron chi connectivity index (χ2n) is 5.46. The van der Waals surface area contributed by atoms with E-state index in [1.54, 1.807) is 18.2 Å². The van der Waals surface area contributed by atoms with Gasteiger partial charge in [-0.2, -0.15) is 0 Å². The van der Waals surface area contributed by atoms with Crippen molar-refractivity contribution in [2.75, 3.05) is 10.6 Å². The van der Waals surface area contributed by atoms with Crippen molar-refractivity contribution in [1.29, 1.82) is 0 Å². The molecule has 1 saturated carbocycles. The zero-order chi connectivity index (χ0) is 16.6. The molecule has 0 unspecified atom stereocenters. The molecule has 1 fully saturated rings. The summed E-state index contributed by atoms with van der Waals surface area (Å²) in [7, 11) is 0. The Morgan fingerprint density at radius 2 is 2.00 bits per heavy atom. The fourth-order valence-corrected chi connectivity index (χ4v) is 3.95. The van der Waals surface area contributed by atoms with Crippen molar-refractivity contribution in [3.05, 3.63) is 44.2 Å². The van der Waals surface area contributed by atoms with Crippen molar-refractivity contribution < 1.29 is 9.59 Å². The van der Waals surface area contributed by atoms with Crippen LogP contribution in [0.4, 0.5) is 10.7 Å². The first-order chi connectivity index (χ1) is 10.9. The summed E-state index contributed by atoms with van der Waals surface area (Å²) in [4.78, 5) is 24.6. The molecule has 7 heteroatoms. The maximum absolute atomic E-state index is 12.4. The van der Waals surface area contributed by atoms with Crippen LogP contribution in [0.25, 0.3) is 0 Å². The number of amides is 2. The molecule has 3 rings (SSSR count). The number of hydrogen-bond acceptors (Lipinski definition) is 3. The highest BCUT2D eigenvalue weighted by atomic mass is 79.9. The third-order valence-electron chi connectivity index (χ3n) is 3.52. The number of halogens is 2. The van der Waals surface area contributed by atoms with Crippen LogP contribution in [0.2, 0.25) is 5.02 Å². The quantitative estimate of drug-likeness (QED) is 0.735. The Morgan fingerprint density at radius 1 is 1.26 bits per heavy atom. The molecule has 4 nitrogen and oxygen atoms in total. The topological polar surface area (TPSA) is 58.2 Å². The van der Waals surface area contributed by atoms with Crippen LogP contribution < -0.4 is 10.6 Å². The maximum atomic E-state index is 12.4. The average Bonchev–Trinajstić information content (AvgIpc) is 3.23. The first kappa shape index (κ1) is 16.5. The van der Waals surface area contributed by atoms with E-state index in [4.69, 9.17) is 11.6 Å². The minimum absolute atomic E-state index is 0.0330. The highest BCUT2D eigenvalue weighted by Crippen LogP contribution is 2.33. The molecule has 23 heavy (non-hydrogen) atoms. The molecule has 1 aliphatic carbocycles. The zero-order valence-electron chi connectivity index (χ0n) is 12.3. The largest absolute Gasteiger partial charge is 0.320 e. The van der Waals surface area contributed by atoms with E-state index in [9.17, 15) is 9.59 Å². The van der Waals surface area contributed by atoms with E-state index >= 15 is 0 Å². The monoisotopic (exact) mass is 412 g/mol. The van der Waals surface area contributed by atoms with Crippen molar-refractivity contribution >= 4 is 61.4 Å². The number of rotatable bonds is 4. The van der Waals surface area contributed by atoms with Gasteiger partial charge < -0.3 is 10.6 Å². The van der Waals surface area contributed by atoms with Crippen LogP contribution in [-0.4, -0.2) is 11.8 Å². The van der Waals surface area contributed by atoms with Gasteiger partial charge in [0.25, 0.3) is 5.91 Å². The normalized spacial score (nSPS) is 13.7. The molecule has 120 valence electrons. The van der Waals surface area contributed by atoms with Crippen LogP contribution in [0.15, 0.2) is 28.7 Å². The Kier molecular flexibility index (Phi) is 4.75. The van der Waals surface area contributed by atoms with E-state index in [0.717, 1.165) is 22.9 Å². The number of carbonyl (C=O) groups excluding carboxylic acids is 2. The third-order valence-corrected chi connectivity index (χ3v) is 5.27. The number of anilines is 2. The second-order valence-corrected chi connectivity index (χ2v) is 7.87. The fourth-order valence-electron chi connectivity index (χ4n) is 2.13. The van der Waals surface area contributed by atoms with Crippen LogP contribution in [0.5, 0.6) is 0 Å². The van der Waals surface area contributed by atoms with Crippen molar-refractivity contribution in [3.63, 3.8) is 0 Å². The van der Waals surface area contributed by atoms with Gasteiger partial charge in [0.15, 0.2) is 0 Å². The fraction of sp³-hybridized carbons (Fsp3) is 0.250. The lowest BCUT2D eigenvalue weighted by molar-refractivity contribution is -0.117. The molecule has 1 aromatic heterocycles. The summed E-state index contributed by atoms with van der Waals surface area (Å²) in [6.45, 7) is 1.88. The first-order valence-corrected chi connectivity index (χ1v) is 9.10. The number of benzene rings is 1. The standard InChI is InChI=1S/C16H14BrClN2O2S/c1-8-6-10(17)7-11(18)14(8)20-16(22)12-4-5-13(23-12)19-15(21)9-2-3-9/h4-7,9H,2-3H2,1H3,(H,19,21)(H,20,22). The molecule has 0 spiro atoms. The van der Waals surface area contributed by atoms with Crippen LogP contribution >= 0.6 is 38.9 Å². The molecule has 2 amide bonds. The Balaban J connectivity index is 1.71. The number of carbonyl (C=O) groups is 2. The maximum Gasteiger partial charge on any atom is 0.265 e. The van der Waals surface area contributed by atoms with Crippen LogP contribution in [0, 0.1) is 12.8 Å². The lowest BCUT2D eigenvalue weighted by atomic mass is 10.2. The lowest BCUT2D eigenvalue weighted by Gasteiger charge is -2.10. The average molecular weight is 414 g/mol. The molecule has 0 radical (unpaired) electrons. The molecule has 2 aromatic rings. The summed E-state index contributed by atoms with van der Waals surface area (Å²) in [5, 5.41) is 6.83. The van der Waals surface area contributed by atoms with Gasteiger partial charge >= 0.3 is 0 Å². The summed E-state index contributed by atoms with van der Waals surface area (Å²) >= 11 is 10.8. The van der Waals surface area contributed by atoms with Gasteiger partial charge in [-0.1, -0.05) is 27.5 Å². The Hall–Kier alpha value is -1.37. The van der Waals surface area contributed by atoms with Crippen LogP contribution in [-0.2, 0) is 4.79 Å². The predicted octanol–water partition coefficient (Wildman–Crippen LogP) is 5.07. The Bertz CT molecular complexity index is 763. The second kappa shape index (κ2) is 6.63. The Morgan fingerprint density at radius 3 is 2.65 bits per heavy atom. The van der Waals surface area contributed by atoms with Gasteiger partial charge in [-0.3, -0.25) is 9.59 Å². The molecule has 0 saturated heterocycles. The zero-order valence-corrected chi connectivity index (χ0v) is 15.4. The SMILES string of the molecule is Cc1cc(Br)cc(Cl)c1NC(=O)c1ccc(NC(=O)C2CC2)s1. The van der Waals surface area contributed by atoms with Crippen molar-refractivity contribution in [2.24, 2.45) is 5.92 Å². The summed E-state index contributed by atoms with van der Waals surface area (Å²) in [5.74, 6) is -0.0709. The van der Waals surface area contributed by atoms with Crippen molar-refractivity contribution in [3.8, 4) is 0 Å². The van der Waals surface area contributed by atoms with Crippen molar-refractivity contribution in [1.82, 2.24) is 0 Å². The van der Waals surface area contributed by atoms with E-state index in [-0.39, 0.29) is 17.7 Å². The van der Waals surface area contributed by atoms with E-state index < -0.39 is 0 Å². The first-order valence-electron chi connectivity index (χ1n) is 7.12. The van der Waals surface area contributed by atoms with Gasteiger partial charge in [0, 0.05) is 10.4 Å². The molecular formula is C16H14BrClN2O2S. The van der Waals surface area contributed by atoms with Gasteiger partial charge in [-0.25, -0.2) is 0 Å². The molecule has 1 aromatic carbocycles. The smallest absolute Gasteiger partial charge is 0.265 e. The summed E-state index contributed by atoms with van der Waals surface area (Å²) in [5.41, 5.74) is 1.47. The van der Waals surface area contributed by atoms with E-state index in [1.807, 2.05) is 13.0 Å². The van der Waals surface area contributed by atoms with Crippen molar-refractivity contribution in [2.45, 2.75) is 19.8 Å². The molecule has 2 N–H and O–H groups in total. The summed E-state index contributed by atoms with van der Waals surface area (Å²) in [6, 6.07) is 7.07. The predicted molar refractivity (Wildman–Crippen MR) is 97.5 cm³/mol. The third kappa shape index (κ3) is 3.94. The molecule has 1 heterocycles. The van der Waals surface area contributed by atoms with E-state index in [1.165, 1.54) is 11.3 Å². The molecule has 0 atom stereocenters. The van der Waals surface area contributed by atoms with Crippen LogP contribution in [0.3, 0.4) is 0 Å². The number of aryl methyl sites for hydroxylation is 1. The van der Waals surface area contributed by atoms with Gasteiger partial charge in [0.2, 0.25) is 5.91 Å². The summed E-state index contributed by atoms with van der Waals surface area (Å²) < 4.78 is 0.860.